The molecule has 0 unspecified atom stereocenters. The molecule has 1 N–H and O–H groups in total. The number of aromatic nitrogens is 7. The molecule has 0 saturated heterocycles. The Balaban J connectivity index is 1.40. The van der Waals surface area contributed by atoms with Crippen LogP contribution in [0.1, 0.15) is 34.3 Å². The highest BCUT2D eigenvalue weighted by Gasteiger charge is 2.28. The van der Waals surface area contributed by atoms with Crippen molar-refractivity contribution in [3.05, 3.63) is 99.6 Å². The lowest BCUT2D eigenvalue weighted by molar-refractivity contribution is 0.112. The Hall–Kier alpha value is -4.37. The topological polar surface area (TPSA) is 111 Å². The molecule has 4 heterocycles. The Labute approximate surface area is 204 Å². The Morgan fingerprint density at radius 1 is 1.09 bits per heavy atom. The van der Waals surface area contributed by atoms with Gasteiger partial charge >= 0.3 is 0 Å². The van der Waals surface area contributed by atoms with Crippen LogP contribution in [0.15, 0.2) is 71.9 Å². The Morgan fingerprint density at radius 2 is 1.97 bits per heavy atom. The molecule has 0 bridgehead atoms. The smallest absolute Gasteiger partial charge is 0.252 e. The summed E-state index contributed by atoms with van der Waals surface area (Å²) in [6.45, 7) is 0. The lowest BCUT2D eigenvalue weighted by Crippen LogP contribution is -2.23. The number of aromatic amines is 1. The maximum atomic E-state index is 13.3. The van der Waals surface area contributed by atoms with Gasteiger partial charge in [0, 0.05) is 33.5 Å². The second kappa shape index (κ2) is 8.44. The number of halogens is 1. The summed E-state index contributed by atoms with van der Waals surface area (Å²) in [7, 11) is 0. The van der Waals surface area contributed by atoms with Gasteiger partial charge in [-0.25, -0.2) is 4.98 Å². The van der Waals surface area contributed by atoms with Crippen molar-refractivity contribution >= 4 is 17.9 Å². The summed E-state index contributed by atoms with van der Waals surface area (Å²) in [6.07, 6.45) is 5.48. The van der Waals surface area contributed by atoms with Gasteiger partial charge in [-0.1, -0.05) is 35.9 Å². The van der Waals surface area contributed by atoms with Crippen LogP contribution in [-0.2, 0) is 6.42 Å². The summed E-state index contributed by atoms with van der Waals surface area (Å²) >= 11 is 6.28. The van der Waals surface area contributed by atoms with Crippen molar-refractivity contribution in [3.8, 4) is 28.1 Å². The predicted molar refractivity (Wildman–Crippen MR) is 130 cm³/mol. The average molecular weight is 484 g/mol. The van der Waals surface area contributed by atoms with Crippen LogP contribution >= 0.6 is 11.6 Å². The summed E-state index contributed by atoms with van der Waals surface area (Å²) in [5, 5.41) is 12.0. The van der Waals surface area contributed by atoms with Gasteiger partial charge in [0.15, 0.2) is 6.29 Å². The van der Waals surface area contributed by atoms with Crippen LogP contribution in [-0.4, -0.2) is 41.0 Å². The number of imidazole rings is 1. The van der Waals surface area contributed by atoms with E-state index in [1.165, 1.54) is 6.33 Å². The minimum absolute atomic E-state index is 0.131. The molecule has 1 aliphatic rings. The fourth-order valence-corrected chi connectivity index (χ4v) is 4.88. The number of benzene rings is 2. The van der Waals surface area contributed by atoms with Gasteiger partial charge in [0.05, 0.1) is 23.6 Å². The van der Waals surface area contributed by atoms with Gasteiger partial charge in [-0.2, -0.15) is 4.68 Å². The molecule has 0 radical (unpaired) electrons. The van der Waals surface area contributed by atoms with E-state index in [1.807, 2.05) is 30.3 Å². The van der Waals surface area contributed by atoms with Crippen LogP contribution in [0, 0.1) is 0 Å². The summed E-state index contributed by atoms with van der Waals surface area (Å²) in [6, 6.07) is 16.1. The number of nitrogens with zero attached hydrogens (tertiary/aromatic N) is 6. The van der Waals surface area contributed by atoms with Crippen LogP contribution in [0.25, 0.3) is 28.1 Å². The van der Waals surface area contributed by atoms with Crippen molar-refractivity contribution < 1.29 is 4.79 Å². The van der Waals surface area contributed by atoms with E-state index in [-0.39, 0.29) is 11.6 Å². The molecule has 172 valence electrons. The third-order valence-corrected chi connectivity index (χ3v) is 6.52. The van der Waals surface area contributed by atoms with Gasteiger partial charge in [0.25, 0.3) is 5.56 Å². The van der Waals surface area contributed by atoms with Gasteiger partial charge in [-0.3, -0.25) is 9.59 Å². The van der Waals surface area contributed by atoms with Gasteiger partial charge in [-0.15, -0.1) is 5.10 Å². The molecule has 0 saturated carbocycles. The standard InChI is InChI=1S/C25H18ClN7O2/c26-17-5-7-22(32-14-28-30-31-32)20(11-17)16-9-18-6-8-23(33(18)24(35)10-16)25-27-12-21(29-25)19-4-2-1-3-15(19)13-34/h1-5,7,9-14,23H,6,8H2,(H,27,29)/t23-/m0/s1. The first-order chi connectivity index (χ1) is 17.1. The lowest BCUT2D eigenvalue weighted by atomic mass is 10.0. The zero-order valence-corrected chi connectivity index (χ0v) is 19.1. The number of pyridine rings is 1. The van der Waals surface area contributed by atoms with E-state index >= 15 is 0 Å². The number of H-pyrrole nitrogens is 1. The fourth-order valence-electron chi connectivity index (χ4n) is 4.71. The van der Waals surface area contributed by atoms with Crippen molar-refractivity contribution in [1.82, 2.24) is 34.7 Å². The molecule has 9 nitrogen and oxygen atoms in total. The normalized spacial score (nSPS) is 14.7. The number of aryl methyl sites for hydroxylation is 1. The first-order valence-corrected chi connectivity index (χ1v) is 11.4. The summed E-state index contributed by atoms with van der Waals surface area (Å²) in [5.41, 5.74) is 5.11. The molecule has 5 aromatic rings. The lowest BCUT2D eigenvalue weighted by Gasteiger charge is -2.15. The molecule has 3 aromatic heterocycles. The maximum Gasteiger partial charge on any atom is 0.252 e. The molecule has 6 rings (SSSR count). The molecule has 2 aromatic carbocycles. The zero-order valence-electron chi connectivity index (χ0n) is 18.3. The molecule has 0 fully saturated rings. The zero-order chi connectivity index (χ0) is 23.9. The van der Waals surface area contributed by atoms with Gasteiger partial charge < -0.3 is 9.55 Å². The first kappa shape index (κ1) is 21.2. The number of aldehydes is 1. The molecule has 35 heavy (non-hydrogen) atoms. The molecular formula is C25H18ClN7O2. The largest absolute Gasteiger partial charge is 0.340 e. The fraction of sp³-hybridized carbons (Fsp3) is 0.120. The molecule has 1 atom stereocenters. The van der Waals surface area contributed by atoms with Crippen molar-refractivity contribution in [1.29, 1.82) is 0 Å². The Bertz CT molecular complexity index is 1620. The van der Waals surface area contributed by atoms with E-state index in [9.17, 15) is 9.59 Å². The van der Waals surface area contributed by atoms with E-state index in [4.69, 9.17) is 11.6 Å². The number of rotatable bonds is 5. The van der Waals surface area contributed by atoms with Crippen molar-refractivity contribution in [3.63, 3.8) is 0 Å². The van der Waals surface area contributed by atoms with E-state index in [2.05, 4.69) is 25.5 Å². The molecule has 10 heteroatoms. The molecule has 1 aliphatic heterocycles. The minimum Gasteiger partial charge on any atom is -0.340 e. The van der Waals surface area contributed by atoms with Gasteiger partial charge in [0.1, 0.15) is 12.2 Å². The van der Waals surface area contributed by atoms with E-state index in [0.29, 0.717) is 16.4 Å². The number of tetrazole rings is 1. The maximum absolute atomic E-state index is 13.3. The Kier molecular flexibility index (Phi) is 5.11. The van der Waals surface area contributed by atoms with Crippen LogP contribution < -0.4 is 5.56 Å². The van der Waals surface area contributed by atoms with E-state index in [1.54, 1.807) is 39.7 Å². The number of hydrogen-bond acceptors (Lipinski definition) is 6. The van der Waals surface area contributed by atoms with Crippen molar-refractivity contribution in [2.45, 2.75) is 18.9 Å². The number of fused-ring (bicyclic) bond motifs is 1. The molecule has 0 aliphatic carbocycles. The van der Waals surface area contributed by atoms with Crippen LogP contribution in [0.5, 0.6) is 0 Å². The highest BCUT2D eigenvalue weighted by atomic mass is 35.5. The second-order valence-corrected chi connectivity index (χ2v) is 8.74. The number of carbonyl (C=O) groups excluding carboxylic acids is 1. The van der Waals surface area contributed by atoms with Gasteiger partial charge in [0.2, 0.25) is 0 Å². The predicted octanol–water partition coefficient (Wildman–Crippen LogP) is 3.88. The minimum atomic E-state index is -0.220. The van der Waals surface area contributed by atoms with Crippen molar-refractivity contribution in [2.24, 2.45) is 0 Å². The summed E-state index contributed by atoms with van der Waals surface area (Å²) < 4.78 is 3.32. The third kappa shape index (κ3) is 3.66. The van der Waals surface area contributed by atoms with E-state index < -0.39 is 0 Å². The third-order valence-electron chi connectivity index (χ3n) is 6.29. The van der Waals surface area contributed by atoms with Crippen LogP contribution in [0.3, 0.4) is 0 Å². The van der Waals surface area contributed by atoms with Crippen LogP contribution in [0.2, 0.25) is 5.02 Å². The molecule has 0 amide bonds. The van der Waals surface area contributed by atoms with E-state index in [0.717, 1.165) is 52.9 Å². The van der Waals surface area contributed by atoms with Crippen LogP contribution in [0.4, 0.5) is 0 Å². The van der Waals surface area contributed by atoms with Crippen molar-refractivity contribution in [2.75, 3.05) is 0 Å². The highest BCUT2D eigenvalue weighted by Crippen LogP contribution is 2.34. The Morgan fingerprint density at radius 3 is 2.80 bits per heavy atom. The second-order valence-electron chi connectivity index (χ2n) is 8.30. The molecule has 0 spiro atoms. The highest BCUT2D eigenvalue weighted by molar-refractivity contribution is 6.31. The van der Waals surface area contributed by atoms with Gasteiger partial charge in [-0.05, 0) is 53.1 Å². The monoisotopic (exact) mass is 483 g/mol. The summed E-state index contributed by atoms with van der Waals surface area (Å²) in [5.74, 6) is 0.687. The molecular weight excluding hydrogens is 466 g/mol. The number of nitrogens with one attached hydrogen (secondary N) is 1. The average Bonchev–Trinajstić information content (AvgIpc) is 3.64. The number of hydrogen-bond donors (Lipinski definition) is 1. The first-order valence-electron chi connectivity index (χ1n) is 11.0. The quantitative estimate of drug-likeness (QED) is 0.380. The summed E-state index contributed by atoms with van der Waals surface area (Å²) in [4.78, 5) is 32.7. The number of carbonyl (C=O) groups is 1. The SMILES string of the molecule is O=Cc1ccccc1-c1cnc([C@@H]2CCc3cc(-c4cc(Cl)ccc4-n4cnnn4)cc(=O)n32)[nH]1.